The number of piperidine rings is 3. The molecule has 9 saturated heterocycles. The lowest BCUT2D eigenvalue weighted by molar-refractivity contribution is -0.128. The second kappa shape index (κ2) is 65.8. The Morgan fingerprint density at radius 2 is 0.876 bits per heavy atom. The Morgan fingerprint density at radius 3 is 1.43 bits per heavy atom. The van der Waals surface area contributed by atoms with Crippen LogP contribution in [0.1, 0.15) is 124 Å². The van der Waals surface area contributed by atoms with E-state index in [0.717, 1.165) is 220 Å². The topological polar surface area (TPSA) is 149 Å². The zero-order valence-electron chi connectivity index (χ0n) is 77.6. The highest BCUT2D eigenvalue weighted by atomic mass is 32.2. The number of carbonyl (C=O) groups is 1. The number of nitrogens with one attached hydrogen (secondary N) is 4. The average Bonchev–Trinajstić information content (AvgIpc) is 1.86. The van der Waals surface area contributed by atoms with E-state index in [1.165, 1.54) is 167 Å². The van der Waals surface area contributed by atoms with Crippen LogP contribution in [0.5, 0.6) is 17.2 Å². The van der Waals surface area contributed by atoms with Crippen molar-refractivity contribution in [2.45, 2.75) is 128 Å². The number of morpholine rings is 4. The lowest BCUT2D eigenvalue weighted by Gasteiger charge is -2.28. The quantitative estimate of drug-likeness (QED) is 0.0770. The van der Waals surface area contributed by atoms with Crippen LogP contribution in [0.3, 0.4) is 0 Å². The molecule has 11 aliphatic rings. The summed E-state index contributed by atoms with van der Waals surface area (Å²) in [4.78, 5) is 24.7. The Bertz CT molecular complexity index is 3890. The number of hydrogen-bond donors (Lipinski definition) is 4. The molecular formula is C109H153FN10O8S. The maximum atomic E-state index is 12.8. The molecule has 0 atom stereocenters. The minimum absolute atomic E-state index is 0.198. The summed E-state index contributed by atoms with van der Waals surface area (Å²) in [5.41, 5.74) is 9.91. The van der Waals surface area contributed by atoms with Crippen molar-refractivity contribution in [2.24, 2.45) is 5.92 Å². The molecule has 9 aromatic carbocycles. The van der Waals surface area contributed by atoms with E-state index in [1.807, 2.05) is 71.3 Å². The molecule has 9 aromatic rings. The Labute approximate surface area is 778 Å². The Balaban J connectivity index is 0.000000148. The second-order valence-corrected chi connectivity index (χ2v) is 35.3. The lowest BCUT2D eigenvalue weighted by Crippen LogP contribution is -2.38. The zero-order valence-corrected chi connectivity index (χ0v) is 78.5. The van der Waals surface area contributed by atoms with Crippen LogP contribution < -0.4 is 45.3 Å². The molecule has 10 fully saturated rings. The van der Waals surface area contributed by atoms with Crippen LogP contribution in [0, 0.1) is 11.7 Å². The van der Waals surface area contributed by atoms with Crippen molar-refractivity contribution >= 4 is 29.0 Å². The molecule has 0 aromatic heterocycles. The van der Waals surface area contributed by atoms with E-state index in [-0.39, 0.29) is 17.8 Å². The summed E-state index contributed by atoms with van der Waals surface area (Å²) in [5.74, 6) is 6.97. The number of amides is 1. The molecule has 0 unspecified atom stereocenters. The Morgan fingerprint density at radius 1 is 0.403 bits per heavy atom. The summed E-state index contributed by atoms with van der Waals surface area (Å²) < 4.78 is 50.5. The molecule has 20 heteroatoms. The SMILES string of the molecule is C1CSCCN1.CC(=O)N1CCCNCC1.Fc1cccc(OC2CCNCC2)c1.c1ccc(C2CCCCC2)cc1.c1ccc(CC2CCNCC2)cc1.c1ccc(CCN2CCOCC2)cc1.c1ccc(CN2CCOCC2)cc1.c1ccc(N2CCCCC2)cc1.c1ccc(N2CCOCC2)cc1.c1ccc(OCN2CCOCC2)cc1.c1ccc2c(c1)CCO2. The minimum atomic E-state index is -0.239. The van der Waals surface area contributed by atoms with E-state index in [2.05, 4.69) is 228 Å². The number of carbonyl (C=O) groups excluding carboxylic acids is 1. The number of thioether (sulfide) groups is 1. The maximum Gasteiger partial charge on any atom is 0.219 e. The maximum absolute atomic E-state index is 12.8. The fourth-order valence-electron chi connectivity index (χ4n) is 16.7. The third-order valence-electron chi connectivity index (χ3n) is 24.2. The summed E-state index contributed by atoms with van der Waals surface area (Å²) in [6.07, 6.45) is 20.7. The van der Waals surface area contributed by atoms with Gasteiger partial charge in [-0.15, -0.1) is 0 Å². The van der Waals surface area contributed by atoms with Gasteiger partial charge < -0.3 is 69.1 Å². The largest absolute Gasteiger partial charge is 0.493 e. The number of hydrogen-bond acceptors (Lipinski definition) is 18. The molecule has 0 radical (unpaired) electrons. The number of halogens is 1. The fraction of sp³-hybridized carbons (Fsp3) is 0.495. The van der Waals surface area contributed by atoms with Gasteiger partial charge in [-0.05, 0) is 204 Å². The first kappa shape index (κ1) is 102. The smallest absolute Gasteiger partial charge is 0.219 e. The Kier molecular flexibility index (Phi) is 52.2. The second-order valence-electron chi connectivity index (χ2n) is 34.0. The highest BCUT2D eigenvalue weighted by molar-refractivity contribution is 7.99. The summed E-state index contributed by atoms with van der Waals surface area (Å²) in [7, 11) is 0. The molecule has 20 rings (SSSR count). The van der Waals surface area contributed by atoms with Crippen LogP contribution >= 0.6 is 11.8 Å². The van der Waals surface area contributed by atoms with E-state index >= 15 is 0 Å². The van der Waals surface area contributed by atoms with E-state index in [1.54, 1.807) is 24.6 Å². The number of ether oxygens (including phenoxy) is 7. The standard InChI is InChI=1S/C12H17NO.C12H17N.C12H16.C11H14FNO.C11H15NO2.C11H15NO.C11H15N.C10H13NO.C8H8O.C7H14N2O.C4H9NS/c1-2-4-12(5-3-1)6-7-13-8-10-14-11-9-13;1-2-4-11(5-3-1)10-12-6-8-13-9-7-12;1-3-7-11(8-4-1)12-9-5-2-6-10-12;12-9-2-1-3-11(8-9)14-10-4-6-13-7-5-10;1-2-4-11(5-3-1)14-10-12-6-8-13-9-7-12;1-2-4-11(5-3-1)10-12-6-8-13-9-7-12;1-3-7-11(8-4-1)12-9-5-2-6-10-12;1-2-4-10(5-3-1)11-6-8-12-9-7-11;1-2-4-8-7(3-1)5-6-9-8;1-7(10)9-5-2-3-8-4-6-9;1-3-6-4-2-5-1/h1-5H,6-11H2;1-5,12-13H,6-10H2;1,3-4,7-8,12H,2,5-6,9-10H2;1-3,8,10,13H,4-7H2;1-5H,6-10H2;1-5H,6-10H2;1,3-4,7-8H,2,5-6,9-10H2;1-5H,6-9H2;1-4H,5-6H2;8H,2-6H2,1H3;5H,1-4H2. The van der Waals surface area contributed by atoms with Gasteiger partial charge >= 0.3 is 0 Å². The van der Waals surface area contributed by atoms with Gasteiger partial charge in [0.25, 0.3) is 0 Å². The highest BCUT2D eigenvalue weighted by Gasteiger charge is 2.20. The molecule has 1 saturated carbocycles. The summed E-state index contributed by atoms with van der Waals surface area (Å²) in [5, 5.41) is 13.2. The van der Waals surface area contributed by atoms with Gasteiger partial charge in [-0.1, -0.05) is 219 Å². The molecule has 10 aliphatic heterocycles. The molecular weight excluding hydrogens is 1630 g/mol. The van der Waals surface area contributed by atoms with E-state index in [9.17, 15) is 9.18 Å². The number of rotatable bonds is 15. The van der Waals surface area contributed by atoms with E-state index < -0.39 is 0 Å². The molecule has 700 valence electrons. The number of benzene rings is 9. The summed E-state index contributed by atoms with van der Waals surface area (Å²) >= 11 is 2.03. The van der Waals surface area contributed by atoms with Crippen molar-refractivity contribution < 1.29 is 42.3 Å². The normalized spacial score (nSPS) is 18.5. The zero-order chi connectivity index (χ0) is 89.4. The number of fused-ring (bicyclic) bond motifs is 1. The molecule has 18 nitrogen and oxygen atoms in total. The minimum Gasteiger partial charge on any atom is -0.493 e. The van der Waals surface area contributed by atoms with Gasteiger partial charge in [0.2, 0.25) is 5.91 Å². The fourth-order valence-corrected chi connectivity index (χ4v) is 17.4. The van der Waals surface area contributed by atoms with Gasteiger partial charge in [0, 0.05) is 154 Å². The number of para-hydroxylation sites is 4. The summed E-state index contributed by atoms with van der Waals surface area (Å²) in [6, 6.07) is 88.7. The van der Waals surface area contributed by atoms with Crippen LogP contribution in [0.25, 0.3) is 0 Å². The Hall–Kier alpha value is -8.71. The first-order chi connectivity index (χ1) is 63.8. The lowest BCUT2D eigenvalue weighted by atomic mass is 9.84. The van der Waals surface area contributed by atoms with Gasteiger partial charge in [0.05, 0.1) is 59.5 Å². The van der Waals surface area contributed by atoms with Crippen molar-refractivity contribution in [3.8, 4) is 17.2 Å². The van der Waals surface area contributed by atoms with E-state index in [4.69, 9.17) is 33.2 Å². The van der Waals surface area contributed by atoms with Crippen molar-refractivity contribution in [3.63, 3.8) is 0 Å². The highest BCUT2D eigenvalue weighted by Crippen LogP contribution is 2.32. The average molecular weight is 1780 g/mol. The molecule has 10 heterocycles. The first-order valence-corrected chi connectivity index (χ1v) is 49.7. The van der Waals surface area contributed by atoms with Gasteiger partial charge in [0.1, 0.15) is 35.9 Å². The summed E-state index contributed by atoms with van der Waals surface area (Å²) in [6.45, 7) is 33.6. The van der Waals surface area contributed by atoms with Gasteiger partial charge in [0.15, 0.2) is 0 Å². The van der Waals surface area contributed by atoms with E-state index in [0.29, 0.717) is 12.5 Å². The van der Waals surface area contributed by atoms with Crippen LogP contribution in [0.2, 0.25) is 0 Å². The third kappa shape index (κ3) is 44.8. The number of nitrogens with zero attached hydrogens (tertiary/aromatic N) is 6. The van der Waals surface area contributed by atoms with Crippen LogP contribution in [-0.4, -0.2) is 247 Å². The van der Waals surface area contributed by atoms with Gasteiger partial charge in [-0.25, -0.2) is 4.39 Å². The van der Waals surface area contributed by atoms with Crippen LogP contribution in [0.15, 0.2) is 261 Å². The molecule has 4 N–H and O–H groups in total. The monoisotopic (exact) mass is 1780 g/mol. The van der Waals surface area contributed by atoms with Gasteiger partial charge in [-0.3, -0.25) is 19.5 Å². The predicted octanol–water partition coefficient (Wildman–Crippen LogP) is 18.3. The van der Waals surface area contributed by atoms with Crippen molar-refractivity contribution in [2.75, 3.05) is 225 Å². The molecule has 1 amide bonds. The van der Waals surface area contributed by atoms with Crippen molar-refractivity contribution in [1.82, 2.24) is 40.9 Å². The molecule has 129 heavy (non-hydrogen) atoms. The van der Waals surface area contributed by atoms with Gasteiger partial charge in [-0.2, -0.15) is 11.8 Å². The molecule has 0 spiro atoms. The van der Waals surface area contributed by atoms with Crippen molar-refractivity contribution in [1.29, 1.82) is 0 Å². The van der Waals surface area contributed by atoms with Crippen LogP contribution in [-0.2, 0) is 49.5 Å². The predicted molar refractivity (Wildman–Crippen MR) is 533 cm³/mol. The molecule has 0 bridgehead atoms. The number of anilines is 2. The first-order valence-electron chi connectivity index (χ1n) is 48.5. The van der Waals surface area contributed by atoms with Crippen molar-refractivity contribution in [3.05, 3.63) is 294 Å². The van der Waals surface area contributed by atoms with Crippen LogP contribution in [0.4, 0.5) is 15.8 Å². The third-order valence-corrected chi connectivity index (χ3v) is 25.2. The molecule has 1 aliphatic carbocycles.